The monoisotopic (exact) mass is 437 g/mol. The van der Waals surface area contributed by atoms with Crippen molar-refractivity contribution in [3.05, 3.63) is 68.3 Å². The Morgan fingerprint density at radius 3 is 2.67 bits per heavy atom. The SMILES string of the molecule is CC1(C)CC(=O)C2=C(C1)c1c(ccc3ccccc13)NC2c1ccc(Br)s1. The van der Waals surface area contributed by atoms with Gasteiger partial charge in [0.1, 0.15) is 0 Å². The maximum atomic E-state index is 13.3. The highest BCUT2D eigenvalue weighted by Crippen LogP contribution is 2.52. The number of nitrogens with one attached hydrogen (secondary N) is 1. The molecule has 5 rings (SSSR count). The summed E-state index contributed by atoms with van der Waals surface area (Å²) in [4.78, 5) is 14.5. The van der Waals surface area contributed by atoms with Crippen molar-refractivity contribution in [3.8, 4) is 0 Å². The Hall–Kier alpha value is -1.91. The van der Waals surface area contributed by atoms with E-state index in [1.165, 1.54) is 26.8 Å². The maximum Gasteiger partial charge on any atom is 0.162 e. The van der Waals surface area contributed by atoms with Crippen LogP contribution in [0.3, 0.4) is 0 Å². The van der Waals surface area contributed by atoms with Gasteiger partial charge in [0, 0.05) is 28.1 Å². The summed E-state index contributed by atoms with van der Waals surface area (Å²) in [5.41, 5.74) is 4.54. The normalized spacial score (nSPS) is 21.0. The predicted octanol–water partition coefficient (Wildman–Crippen LogP) is 6.97. The molecular weight excluding hydrogens is 418 g/mol. The van der Waals surface area contributed by atoms with Gasteiger partial charge < -0.3 is 5.32 Å². The first-order valence-corrected chi connectivity index (χ1v) is 10.8. The van der Waals surface area contributed by atoms with Gasteiger partial charge in [0.15, 0.2) is 5.78 Å². The van der Waals surface area contributed by atoms with E-state index in [4.69, 9.17) is 0 Å². The second-order valence-electron chi connectivity index (χ2n) is 8.26. The van der Waals surface area contributed by atoms with Gasteiger partial charge in [0.05, 0.1) is 9.83 Å². The zero-order chi connectivity index (χ0) is 18.8. The van der Waals surface area contributed by atoms with Crippen LogP contribution in [0.25, 0.3) is 16.3 Å². The number of Topliss-reactive ketones (excluding diaryl/α,β-unsaturated/α-hetero) is 1. The minimum absolute atomic E-state index is 0.0119. The van der Waals surface area contributed by atoms with Crippen LogP contribution in [-0.2, 0) is 4.79 Å². The third-order valence-corrected chi connectivity index (χ3v) is 7.31. The smallest absolute Gasteiger partial charge is 0.162 e. The van der Waals surface area contributed by atoms with Gasteiger partial charge in [-0.05, 0) is 62.3 Å². The lowest BCUT2D eigenvalue weighted by Crippen LogP contribution is -2.32. The van der Waals surface area contributed by atoms with Crippen LogP contribution in [-0.4, -0.2) is 5.78 Å². The number of carbonyl (C=O) groups is 1. The van der Waals surface area contributed by atoms with Crippen molar-refractivity contribution in [3.63, 3.8) is 0 Å². The fourth-order valence-corrected chi connectivity index (χ4v) is 6.02. The highest BCUT2D eigenvalue weighted by Gasteiger charge is 2.41. The average Bonchev–Trinajstić information content (AvgIpc) is 3.05. The van der Waals surface area contributed by atoms with Crippen LogP contribution in [0.15, 0.2) is 57.9 Å². The standard InChI is InChI=1S/C23H20BrNOS/c1-23(2)11-15-20-14-6-4-3-5-13(14)7-8-16(20)25-22(21(15)17(26)12-23)18-9-10-19(24)27-18/h3-10,22,25H,11-12H2,1-2H3. The summed E-state index contributed by atoms with van der Waals surface area (Å²) < 4.78 is 1.09. The lowest BCUT2D eigenvalue weighted by Gasteiger charge is -2.39. The van der Waals surface area contributed by atoms with Gasteiger partial charge >= 0.3 is 0 Å². The number of anilines is 1. The van der Waals surface area contributed by atoms with E-state index >= 15 is 0 Å². The van der Waals surface area contributed by atoms with Crippen LogP contribution in [0, 0.1) is 5.41 Å². The molecule has 4 heteroatoms. The van der Waals surface area contributed by atoms with E-state index in [0.29, 0.717) is 6.42 Å². The largest absolute Gasteiger partial charge is 0.373 e. The zero-order valence-electron chi connectivity index (χ0n) is 15.3. The number of rotatable bonds is 1. The number of benzene rings is 2. The van der Waals surface area contributed by atoms with Gasteiger partial charge in [-0.15, -0.1) is 11.3 Å². The first-order chi connectivity index (χ1) is 12.9. The number of ketones is 1. The van der Waals surface area contributed by atoms with E-state index in [-0.39, 0.29) is 17.2 Å². The van der Waals surface area contributed by atoms with Gasteiger partial charge in [-0.3, -0.25) is 4.79 Å². The molecular formula is C23H20BrNOS. The molecule has 1 unspecified atom stereocenters. The Labute approximate surface area is 171 Å². The van der Waals surface area contributed by atoms with Crippen LogP contribution in [0.1, 0.15) is 43.2 Å². The average molecular weight is 438 g/mol. The molecule has 0 fully saturated rings. The van der Waals surface area contributed by atoms with Gasteiger partial charge in [-0.2, -0.15) is 0 Å². The van der Waals surface area contributed by atoms with Crippen molar-refractivity contribution in [2.75, 3.05) is 5.32 Å². The topological polar surface area (TPSA) is 29.1 Å². The highest BCUT2D eigenvalue weighted by molar-refractivity contribution is 9.11. The second-order valence-corrected chi connectivity index (χ2v) is 10.8. The number of allylic oxidation sites excluding steroid dienone is 1. The Bertz CT molecular complexity index is 1120. The molecule has 2 aromatic carbocycles. The second kappa shape index (κ2) is 6.05. The highest BCUT2D eigenvalue weighted by atomic mass is 79.9. The quantitative estimate of drug-likeness (QED) is 0.444. The van der Waals surface area contributed by atoms with Crippen LogP contribution >= 0.6 is 27.3 Å². The molecule has 0 saturated carbocycles. The summed E-state index contributed by atoms with van der Waals surface area (Å²) in [6.45, 7) is 4.41. The van der Waals surface area contributed by atoms with Crippen LogP contribution in [0.2, 0.25) is 0 Å². The Balaban J connectivity index is 1.81. The molecule has 3 aromatic rings. The number of hydrogen-bond acceptors (Lipinski definition) is 3. The molecule has 1 N–H and O–H groups in total. The number of fused-ring (bicyclic) bond motifs is 4. The molecule has 1 atom stereocenters. The number of carbonyl (C=O) groups excluding carboxylic acids is 1. The Kier molecular flexibility index (Phi) is 3.85. The first kappa shape index (κ1) is 17.2. The molecule has 1 aromatic heterocycles. The van der Waals surface area contributed by atoms with Crippen molar-refractivity contribution < 1.29 is 4.79 Å². The molecule has 1 aliphatic heterocycles. The zero-order valence-corrected chi connectivity index (χ0v) is 17.7. The fourth-order valence-electron chi connectivity index (χ4n) is 4.53. The van der Waals surface area contributed by atoms with Gasteiger partial charge in [-0.1, -0.05) is 44.2 Å². The summed E-state index contributed by atoms with van der Waals surface area (Å²) in [5.74, 6) is 0.279. The van der Waals surface area contributed by atoms with E-state index in [2.05, 4.69) is 83.6 Å². The lowest BCUT2D eigenvalue weighted by molar-refractivity contribution is -0.118. The van der Waals surface area contributed by atoms with Crippen LogP contribution in [0.5, 0.6) is 0 Å². The van der Waals surface area contributed by atoms with E-state index in [1.54, 1.807) is 11.3 Å². The Morgan fingerprint density at radius 2 is 1.89 bits per heavy atom. The lowest BCUT2D eigenvalue weighted by atomic mass is 9.68. The third-order valence-electron chi connectivity index (χ3n) is 5.62. The van der Waals surface area contributed by atoms with Gasteiger partial charge in [0.2, 0.25) is 0 Å². The van der Waals surface area contributed by atoms with E-state index in [1.807, 2.05) is 0 Å². The molecule has 2 heterocycles. The molecule has 136 valence electrons. The third kappa shape index (κ3) is 2.77. The van der Waals surface area contributed by atoms with E-state index in [0.717, 1.165) is 21.5 Å². The molecule has 0 bridgehead atoms. The summed E-state index contributed by atoms with van der Waals surface area (Å²) >= 11 is 5.27. The van der Waals surface area contributed by atoms with Crippen molar-refractivity contribution in [2.24, 2.45) is 5.41 Å². The summed E-state index contributed by atoms with van der Waals surface area (Å²) in [5, 5.41) is 6.14. The van der Waals surface area contributed by atoms with Crippen LogP contribution in [0.4, 0.5) is 5.69 Å². The molecule has 27 heavy (non-hydrogen) atoms. The maximum absolute atomic E-state index is 13.3. The molecule has 0 saturated heterocycles. The molecule has 0 radical (unpaired) electrons. The minimum Gasteiger partial charge on any atom is -0.373 e. The summed E-state index contributed by atoms with van der Waals surface area (Å²) in [6, 6.07) is 16.9. The molecule has 0 amide bonds. The van der Waals surface area contributed by atoms with Crippen molar-refractivity contribution in [2.45, 2.75) is 32.7 Å². The number of halogens is 1. The first-order valence-electron chi connectivity index (χ1n) is 9.23. The van der Waals surface area contributed by atoms with Gasteiger partial charge in [-0.25, -0.2) is 0 Å². The number of hydrogen-bond donors (Lipinski definition) is 1. The van der Waals surface area contributed by atoms with E-state index < -0.39 is 0 Å². The van der Waals surface area contributed by atoms with Crippen molar-refractivity contribution >= 4 is 55.1 Å². The predicted molar refractivity (Wildman–Crippen MR) is 117 cm³/mol. The summed E-state index contributed by atoms with van der Waals surface area (Å²) in [7, 11) is 0. The molecule has 1 aliphatic carbocycles. The fraction of sp³-hybridized carbons (Fsp3) is 0.261. The van der Waals surface area contributed by atoms with Gasteiger partial charge in [0.25, 0.3) is 0 Å². The van der Waals surface area contributed by atoms with Crippen LogP contribution < -0.4 is 5.32 Å². The minimum atomic E-state index is -0.0615. The van der Waals surface area contributed by atoms with Crippen molar-refractivity contribution in [1.82, 2.24) is 0 Å². The van der Waals surface area contributed by atoms with E-state index in [9.17, 15) is 4.79 Å². The molecule has 2 aliphatic rings. The Morgan fingerprint density at radius 1 is 1.07 bits per heavy atom. The molecule has 2 nitrogen and oxygen atoms in total. The van der Waals surface area contributed by atoms with Crippen molar-refractivity contribution in [1.29, 1.82) is 0 Å². The molecule has 0 spiro atoms. The number of thiophene rings is 1. The summed E-state index contributed by atoms with van der Waals surface area (Å²) in [6.07, 6.45) is 1.54.